The predicted octanol–water partition coefficient (Wildman–Crippen LogP) is 4.07. The fourth-order valence-corrected chi connectivity index (χ4v) is 5.26. The van der Waals surface area contributed by atoms with Gasteiger partial charge in [-0.2, -0.15) is 4.98 Å². The van der Waals surface area contributed by atoms with Gasteiger partial charge in [0.2, 0.25) is 0 Å². The van der Waals surface area contributed by atoms with Gasteiger partial charge in [-0.1, -0.05) is 5.16 Å². The standard InChI is InChI=1S/C21H19N3O4S/c25-14(18-13(21(26)27)5-3-9-22-18)10-16-17(12-4-1-2-6-15(12)29-16)20-23-19(24-28-20)11-7-8-11/h3,5,9,11H,1-2,4,6-8,10H2,(H,26,27). The Balaban J connectivity index is 1.54. The number of hydrogen-bond acceptors (Lipinski definition) is 7. The number of ketones is 1. The second kappa shape index (κ2) is 7.18. The lowest BCUT2D eigenvalue weighted by molar-refractivity contribution is 0.0691. The summed E-state index contributed by atoms with van der Waals surface area (Å²) in [6, 6.07) is 2.93. The van der Waals surface area contributed by atoms with Crippen molar-refractivity contribution in [2.24, 2.45) is 0 Å². The van der Waals surface area contributed by atoms with Crippen LogP contribution in [0.15, 0.2) is 22.9 Å². The molecule has 0 saturated heterocycles. The Morgan fingerprint density at radius 1 is 1.24 bits per heavy atom. The van der Waals surface area contributed by atoms with Gasteiger partial charge >= 0.3 is 5.97 Å². The second-order valence-corrected chi connectivity index (χ2v) is 8.74. The number of carbonyl (C=O) groups is 2. The average molecular weight is 409 g/mol. The Morgan fingerprint density at radius 3 is 2.86 bits per heavy atom. The van der Waals surface area contributed by atoms with Crippen LogP contribution in [-0.4, -0.2) is 32.0 Å². The summed E-state index contributed by atoms with van der Waals surface area (Å²) in [6.45, 7) is 0. The summed E-state index contributed by atoms with van der Waals surface area (Å²) in [7, 11) is 0. The van der Waals surface area contributed by atoms with Crippen LogP contribution in [-0.2, 0) is 19.3 Å². The Bertz CT molecular complexity index is 1110. The molecule has 148 valence electrons. The maximum atomic E-state index is 13.0. The summed E-state index contributed by atoms with van der Waals surface area (Å²) >= 11 is 1.60. The van der Waals surface area contributed by atoms with Crippen LogP contribution in [0, 0.1) is 0 Å². The molecule has 0 unspecified atom stereocenters. The minimum Gasteiger partial charge on any atom is -0.478 e. The van der Waals surface area contributed by atoms with Crippen LogP contribution in [0.25, 0.3) is 11.5 Å². The number of rotatable bonds is 6. The maximum Gasteiger partial charge on any atom is 0.338 e. The van der Waals surface area contributed by atoms with Gasteiger partial charge < -0.3 is 9.63 Å². The number of carbonyl (C=O) groups excluding carboxylic acids is 1. The van der Waals surface area contributed by atoms with E-state index in [9.17, 15) is 14.7 Å². The van der Waals surface area contributed by atoms with Crippen LogP contribution in [0.3, 0.4) is 0 Å². The molecule has 0 aliphatic heterocycles. The van der Waals surface area contributed by atoms with Crippen molar-refractivity contribution in [3.63, 3.8) is 0 Å². The molecule has 3 heterocycles. The van der Waals surface area contributed by atoms with Crippen molar-refractivity contribution in [2.45, 2.75) is 50.9 Å². The van der Waals surface area contributed by atoms with Crippen molar-refractivity contribution in [3.8, 4) is 11.5 Å². The monoisotopic (exact) mass is 409 g/mol. The van der Waals surface area contributed by atoms with E-state index in [2.05, 4.69) is 15.1 Å². The third-order valence-corrected chi connectivity index (χ3v) is 6.76. The van der Waals surface area contributed by atoms with Crippen LogP contribution < -0.4 is 0 Å². The lowest BCUT2D eigenvalue weighted by Gasteiger charge is -2.11. The zero-order valence-electron chi connectivity index (χ0n) is 15.7. The third-order valence-electron chi connectivity index (χ3n) is 5.47. The molecule has 7 nitrogen and oxygen atoms in total. The average Bonchev–Trinajstić information content (AvgIpc) is 3.35. The number of aromatic carboxylic acids is 1. The normalized spacial score (nSPS) is 15.9. The Morgan fingerprint density at radius 2 is 2.07 bits per heavy atom. The van der Waals surface area contributed by atoms with Crippen molar-refractivity contribution in [1.82, 2.24) is 15.1 Å². The first-order valence-corrected chi connectivity index (χ1v) is 10.6. The highest BCUT2D eigenvalue weighted by molar-refractivity contribution is 7.12. The van der Waals surface area contributed by atoms with Crippen molar-refractivity contribution in [1.29, 1.82) is 0 Å². The van der Waals surface area contributed by atoms with Gasteiger partial charge in [0.05, 0.1) is 11.1 Å². The van der Waals surface area contributed by atoms with Crippen LogP contribution in [0.1, 0.15) is 73.6 Å². The smallest absolute Gasteiger partial charge is 0.338 e. The van der Waals surface area contributed by atoms with Crippen molar-refractivity contribution < 1.29 is 19.2 Å². The molecular weight excluding hydrogens is 390 g/mol. The molecule has 0 spiro atoms. The molecule has 1 fully saturated rings. The molecular formula is C21H19N3O4S. The summed E-state index contributed by atoms with van der Waals surface area (Å²) in [4.78, 5) is 35.2. The third kappa shape index (κ3) is 3.37. The van der Waals surface area contributed by atoms with E-state index >= 15 is 0 Å². The fourth-order valence-electron chi connectivity index (χ4n) is 3.87. The van der Waals surface area contributed by atoms with Crippen LogP contribution in [0.4, 0.5) is 0 Å². The molecule has 0 atom stereocenters. The number of nitrogens with zero attached hydrogens (tertiary/aromatic N) is 3. The number of hydrogen-bond donors (Lipinski definition) is 1. The maximum absolute atomic E-state index is 13.0. The van der Waals surface area contributed by atoms with Gasteiger partial charge in [-0.05, 0) is 56.2 Å². The minimum atomic E-state index is -1.15. The van der Waals surface area contributed by atoms with Crippen LogP contribution >= 0.6 is 11.3 Å². The molecule has 29 heavy (non-hydrogen) atoms. The molecule has 2 aliphatic rings. The number of carboxylic acids is 1. The molecule has 0 aromatic carbocycles. The number of aromatic nitrogens is 3. The Kier molecular flexibility index (Phi) is 4.50. The van der Waals surface area contributed by atoms with Crippen LogP contribution in [0.2, 0.25) is 0 Å². The number of aryl methyl sites for hydroxylation is 1. The first-order valence-electron chi connectivity index (χ1n) is 9.80. The van der Waals surface area contributed by atoms with Crippen LogP contribution in [0.5, 0.6) is 0 Å². The number of fused-ring (bicyclic) bond motifs is 1. The lowest BCUT2D eigenvalue weighted by Crippen LogP contribution is -2.12. The second-order valence-electron chi connectivity index (χ2n) is 7.55. The quantitative estimate of drug-likeness (QED) is 0.612. The molecule has 0 radical (unpaired) electrons. The summed E-state index contributed by atoms with van der Waals surface area (Å²) in [6.07, 6.45) is 7.83. The summed E-state index contributed by atoms with van der Waals surface area (Å²) in [5.74, 6) is 0.140. The highest BCUT2D eigenvalue weighted by Crippen LogP contribution is 2.43. The van der Waals surface area contributed by atoms with E-state index in [1.54, 1.807) is 11.3 Å². The predicted molar refractivity (Wildman–Crippen MR) is 105 cm³/mol. The van der Waals surface area contributed by atoms with Crippen molar-refractivity contribution >= 4 is 23.1 Å². The van der Waals surface area contributed by atoms with Gasteiger partial charge in [-0.25, -0.2) is 4.79 Å². The fraction of sp³-hybridized carbons (Fsp3) is 0.381. The van der Waals surface area contributed by atoms with E-state index in [0.717, 1.165) is 54.8 Å². The van der Waals surface area contributed by atoms with Crippen molar-refractivity contribution in [2.75, 3.05) is 0 Å². The number of carboxylic acid groups (broad SMARTS) is 1. The molecule has 0 amide bonds. The lowest BCUT2D eigenvalue weighted by atomic mass is 9.93. The molecule has 0 bridgehead atoms. The summed E-state index contributed by atoms with van der Waals surface area (Å²) in [5, 5.41) is 13.5. The molecule has 1 N–H and O–H groups in total. The largest absolute Gasteiger partial charge is 0.478 e. The Hall–Kier alpha value is -2.87. The van der Waals surface area contributed by atoms with Gasteiger partial charge in [0.25, 0.3) is 5.89 Å². The van der Waals surface area contributed by atoms with Gasteiger partial charge in [0, 0.05) is 28.3 Å². The first kappa shape index (κ1) is 18.2. The Labute approximate surface area is 170 Å². The zero-order chi connectivity index (χ0) is 20.0. The molecule has 1 saturated carbocycles. The number of Topliss-reactive ketones (excluding diaryl/α,β-unsaturated/α-hetero) is 1. The van der Waals surface area contributed by atoms with E-state index in [0.29, 0.717) is 11.8 Å². The first-order chi connectivity index (χ1) is 14.1. The highest BCUT2D eigenvalue weighted by atomic mass is 32.1. The van der Waals surface area contributed by atoms with E-state index in [4.69, 9.17) is 4.52 Å². The van der Waals surface area contributed by atoms with Gasteiger partial charge in [-0.15, -0.1) is 11.3 Å². The zero-order valence-corrected chi connectivity index (χ0v) is 16.5. The highest BCUT2D eigenvalue weighted by Gasteiger charge is 2.32. The SMILES string of the molecule is O=C(O)c1cccnc1C(=O)Cc1sc2c(c1-c1nc(C3CC3)no1)CCCC2. The van der Waals surface area contributed by atoms with Gasteiger partial charge in [-0.3, -0.25) is 9.78 Å². The van der Waals surface area contributed by atoms with E-state index < -0.39 is 5.97 Å². The molecule has 5 rings (SSSR count). The number of pyridine rings is 1. The topological polar surface area (TPSA) is 106 Å². The molecule has 3 aromatic heterocycles. The van der Waals surface area contributed by atoms with Gasteiger partial charge in [0.15, 0.2) is 11.6 Å². The van der Waals surface area contributed by atoms with Gasteiger partial charge in [0.1, 0.15) is 5.69 Å². The van der Waals surface area contributed by atoms with E-state index in [1.807, 2.05) is 0 Å². The molecule has 8 heteroatoms. The summed E-state index contributed by atoms with van der Waals surface area (Å²) in [5.41, 5.74) is 2.00. The van der Waals surface area contributed by atoms with Crippen molar-refractivity contribution in [3.05, 3.63) is 50.7 Å². The molecule has 3 aromatic rings. The van der Waals surface area contributed by atoms with E-state index in [1.165, 1.54) is 28.8 Å². The summed E-state index contributed by atoms with van der Waals surface area (Å²) < 4.78 is 5.59. The molecule has 2 aliphatic carbocycles. The minimum absolute atomic E-state index is 0.0125. The number of thiophene rings is 1. The van der Waals surface area contributed by atoms with E-state index in [-0.39, 0.29) is 23.5 Å².